The second-order valence-corrected chi connectivity index (χ2v) is 4.50. The van der Waals surface area contributed by atoms with Crippen molar-refractivity contribution in [3.63, 3.8) is 0 Å². The molecule has 3 rings (SSSR count). The normalized spacial score (nSPS) is 11.1. The van der Waals surface area contributed by atoms with Gasteiger partial charge in [0.1, 0.15) is 5.69 Å². The number of hydrogen-bond acceptors (Lipinski definition) is 4. The lowest BCUT2D eigenvalue weighted by atomic mass is 10.1. The molecule has 0 saturated carbocycles. The van der Waals surface area contributed by atoms with Crippen molar-refractivity contribution >= 4 is 27.6 Å². The number of carbonyl (C=O) groups excluding carboxylic acids is 1. The van der Waals surface area contributed by atoms with Crippen molar-refractivity contribution in [1.29, 1.82) is 0 Å². The van der Waals surface area contributed by atoms with Crippen LogP contribution in [0.2, 0.25) is 0 Å². The van der Waals surface area contributed by atoms with Crippen molar-refractivity contribution < 1.29 is 14.7 Å². The van der Waals surface area contributed by atoms with Crippen LogP contribution in [0.5, 0.6) is 0 Å². The van der Waals surface area contributed by atoms with Gasteiger partial charge in [-0.15, -0.1) is 4.73 Å². The van der Waals surface area contributed by atoms with Crippen LogP contribution in [0.15, 0.2) is 29.1 Å². The number of aryl methyl sites for hydroxylation is 1. The number of aromatic nitrogens is 2. The molecule has 0 atom stereocenters. The Morgan fingerprint density at radius 1 is 1.30 bits per heavy atom. The van der Waals surface area contributed by atoms with E-state index >= 15 is 0 Å². The van der Waals surface area contributed by atoms with Crippen molar-refractivity contribution in [2.24, 2.45) is 0 Å². The maximum absolute atomic E-state index is 12.2. The first-order valence-electron chi connectivity index (χ1n) is 6.00. The van der Waals surface area contributed by atoms with Gasteiger partial charge in [0.25, 0.3) is 5.56 Å². The fourth-order valence-corrected chi connectivity index (χ4v) is 2.50. The van der Waals surface area contributed by atoms with E-state index in [1.54, 1.807) is 31.2 Å². The van der Waals surface area contributed by atoms with Gasteiger partial charge in [0.15, 0.2) is 0 Å². The zero-order valence-corrected chi connectivity index (χ0v) is 10.9. The van der Waals surface area contributed by atoms with E-state index in [2.05, 4.69) is 4.98 Å². The molecule has 0 saturated heterocycles. The number of para-hydroxylation sites is 1. The predicted molar refractivity (Wildman–Crippen MR) is 73.3 cm³/mol. The second kappa shape index (κ2) is 4.12. The Hall–Kier alpha value is -2.76. The summed E-state index contributed by atoms with van der Waals surface area (Å²) in [5.74, 6) is -0.552. The average molecular weight is 272 g/mol. The average Bonchev–Trinajstić information content (AvgIpc) is 2.82. The van der Waals surface area contributed by atoms with Gasteiger partial charge in [-0.3, -0.25) is 4.79 Å². The first-order valence-corrected chi connectivity index (χ1v) is 6.00. The minimum Gasteiger partial charge on any atom is -0.464 e. The van der Waals surface area contributed by atoms with Crippen LogP contribution in [-0.2, 0) is 4.74 Å². The Kier molecular flexibility index (Phi) is 2.53. The Labute approximate surface area is 113 Å². The third-order valence-corrected chi connectivity index (χ3v) is 3.38. The van der Waals surface area contributed by atoms with Crippen LogP contribution >= 0.6 is 0 Å². The lowest BCUT2D eigenvalue weighted by Crippen LogP contribution is -2.18. The van der Waals surface area contributed by atoms with E-state index < -0.39 is 11.5 Å². The minimum atomic E-state index is -0.567. The summed E-state index contributed by atoms with van der Waals surface area (Å²) in [6, 6.07) is 6.83. The van der Waals surface area contributed by atoms with Crippen molar-refractivity contribution in [2.45, 2.75) is 6.92 Å². The van der Waals surface area contributed by atoms with Crippen molar-refractivity contribution in [2.75, 3.05) is 7.11 Å². The Morgan fingerprint density at radius 3 is 2.70 bits per heavy atom. The largest absolute Gasteiger partial charge is 0.464 e. The van der Waals surface area contributed by atoms with Gasteiger partial charge in [-0.1, -0.05) is 18.2 Å². The number of pyridine rings is 1. The number of methoxy groups -OCH3 is 1. The number of fused-ring (bicyclic) bond motifs is 3. The predicted octanol–water partition coefficient (Wildman–Crippen LogP) is 1.82. The third-order valence-electron chi connectivity index (χ3n) is 3.38. The smallest absolute Gasteiger partial charge is 0.355 e. The van der Waals surface area contributed by atoms with Crippen LogP contribution in [0.1, 0.15) is 16.2 Å². The van der Waals surface area contributed by atoms with Gasteiger partial charge in [0, 0.05) is 16.5 Å². The summed E-state index contributed by atoms with van der Waals surface area (Å²) in [6.07, 6.45) is 0. The standard InChI is InChI=1S/C14H12N2O4/c1-7-10-11(12(15-7)14(18)20-2)8-5-3-4-6-9(8)16(19)13(10)17/h3-6,15,19H,1-2H3. The van der Waals surface area contributed by atoms with Crippen molar-refractivity contribution in [3.8, 4) is 0 Å². The number of rotatable bonds is 1. The molecule has 0 radical (unpaired) electrons. The Balaban J connectivity index is 2.65. The Morgan fingerprint density at radius 2 is 2.00 bits per heavy atom. The van der Waals surface area contributed by atoms with E-state index in [-0.39, 0.29) is 11.1 Å². The molecule has 2 aromatic heterocycles. The number of aromatic amines is 1. The number of H-pyrrole nitrogens is 1. The van der Waals surface area contributed by atoms with E-state index in [4.69, 9.17) is 4.74 Å². The number of hydrogen-bond donors (Lipinski definition) is 2. The van der Waals surface area contributed by atoms with Gasteiger partial charge in [-0.25, -0.2) is 4.79 Å². The fraction of sp³-hybridized carbons (Fsp3) is 0.143. The van der Waals surface area contributed by atoms with Gasteiger partial charge in [-0.2, -0.15) is 0 Å². The highest BCUT2D eigenvalue weighted by atomic mass is 16.5. The molecule has 0 bridgehead atoms. The number of nitrogens with one attached hydrogen (secondary N) is 1. The van der Waals surface area contributed by atoms with Gasteiger partial charge >= 0.3 is 5.97 Å². The summed E-state index contributed by atoms with van der Waals surface area (Å²) < 4.78 is 5.33. The van der Waals surface area contributed by atoms with Gasteiger partial charge in [0.2, 0.25) is 0 Å². The van der Waals surface area contributed by atoms with Crippen molar-refractivity contribution in [1.82, 2.24) is 9.71 Å². The van der Waals surface area contributed by atoms with E-state index in [9.17, 15) is 14.8 Å². The van der Waals surface area contributed by atoms with Crippen LogP contribution in [0, 0.1) is 6.92 Å². The molecule has 6 heteroatoms. The van der Waals surface area contributed by atoms with Crippen molar-refractivity contribution in [3.05, 3.63) is 46.0 Å². The summed E-state index contributed by atoms with van der Waals surface area (Å²) in [5.41, 5.74) is 0.504. The number of ether oxygens (including phenoxy) is 1. The topological polar surface area (TPSA) is 84.3 Å². The Bertz CT molecular complexity index is 905. The summed E-state index contributed by atoms with van der Waals surface area (Å²) in [5, 5.41) is 11.3. The lowest BCUT2D eigenvalue weighted by Gasteiger charge is -2.05. The second-order valence-electron chi connectivity index (χ2n) is 4.50. The molecule has 0 spiro atoms. The van der Waals surface area contributed by atoms with E-state index in [1.807, 2.05) is 0 Å². The van der Waals surface area contributed by atoms with Gasteiger partial charge in [-0.05, 0) is 13.0 Å². The summed E-state index contributed by atoms with van der Waals surface area (Å²) in [4.78, 5) is 26.9. The molecule has 2 heterocycles. The van der Waals surface area contributed by atoms with Crippen LogP contribution in [-0.4, -0.2) is 28.0 Å². The first-order chi connectivity index (χ1) is 9.56. The zero-order chi connectivity index (χ0) is 14.4. The molecule has 0 fully saturated rings. The minimum absolute atomic E-state index is 0.217. The highest BCUT2D eigenvalue weighted by Gasteiger charge is 2.21. The molecule has 6 nitrogen and oxygen atoms in total. The fourth-order valence-electron chi connectivity index (χ4n) is 2.50. The van der Waals surface area contributed by atoms with E-state index in [1.165, 1.54) is 7.11 Å². The molecular formula is C14H12N2O4. The first kappa shape index (κ1) is 12.3. The highest BCUT2D eigenvalue weighted by molar-refractivity contribution is 6.15. The molecular weight excluding hydrogens is 260 g/mol. The number of esters is 1. The van der Waals surface area contributed by atoms with E-state index in [0.29, 0.717) is 26.7 Å². The van der Waals surface area contributed by atoms with Crippen LogP contribution in [0.3, 0.4) is 0 Å². The molecule has 0 amide bonds. The molecule has 2 N–H and O–H groups in total. The van der Waals surface area contributed by atoms with Crippen LogP contribution < -0.4 is 5.56 Å². The molecule has 20 heavy (non-hydrogen) atoms. The highest BCUT2D eigenvalue weighted by Crippen LogP contribution is 2.28. The van der Waals surface area contributed by atoms with Crippen LogP contribution in [0.25, 0.3) is 21.7 Å². The SMILES string of the molecule is COC(=O)c1[nH]c(C)c2c(=O)n(O)c3ccccc3c12. The third kappa shape index (κ3) is 1.45. The monoisotopic (exact) mass is 272 g/mol. The number of nitrogens with zero attached hydrogens (tertiary/aromatic N) is 1. The van der Waals surface area contributed by atoms with Crippen LogP contribution in [0.4, 0.5) is 0 Å². The molecule has 0 unspecified atom stereocenters. The maximum atomic E-state index is 12.2. The quantitative estimate of drug-likeness (QED) is 0.522. The van der Waals surface area contributed by atoms with Gasteiger partial charge < -0.3 is 14.9 Å². The zero-order valence-electron chi connectivity index (χ0n) is 10.9. The lowest BCUT2D eigenvalue weighted by molar-refractivity contribution is 0.0597. The molecule has 0 aliphatic carbocycles. The molecule has 102 valence electrons. The summed E-state index contributed by atoms with van der Waals surface area (Å²) in [7, 11) is 1.28. The molecule has 3 aromatic rings. The number of carbonyl (C=O) groups is 1. The molecule has 0 aliphatic heterocycles. The molecule has 0 aliphatic rings. The van der Waals surface area contributed by atoms with E-state index in [0.717, 1.165) is 0 Å². The van der Waals surface area contributed by atoms with Gasteiger partial charge in [0.05, 0.1) is 18.0 Å². The molecule has 1 aromatic carbocycles. The maximum Gasteiger partial charge on any atom is 0.355 e. The number of benzene rings is 1. The summed E-state index contributed by atoms with van der Waals surface area (Å²) >= 11 is 0. The summed E-state index contributed by atoms with van der Waals surface area (Å²) in [6.45, 7) is 1.67.